The van der Waals surface area contributed by atoms with Gasteiger partial charge >= 0.3 is 5.69 Å². The molecule has 2 N–H and O–H groups in total. The molecule has 4 nitrogen and oxygen atoms in total. The van der Waals surface area contributed by atoms with E-state index in [1.165, 1.54) is 27.8 Å². The second-order valence-corrected chi connectivity index (χ2v) is 5.31. The molecule has 1 aliphatic carbocycles. The molecule has 0 unspecified atom stereocenters. The van der Waals surface area contributed by atoms with Gasteiger partial charge in [-0.1, -0.05) is 0 Å². The minimum Gasteiger partial charge on any atom is -0.384 e. The van der Waals surface area contributed by atoms with Gasteiger partial charge in [0.15, 0.2) is 0 Å². The van der Waals surface area contributed by atoms with E-state index in [1.807, 2.05) is 0 Å². The van der Waals surface area contributed by atoms with E-state index in [-0.39, 0.29) is 5.69 Å². The Labute approximate surface area is 96.7 Å². The lowest BCUT2D eigenvalue weighted by molar-refractivity contribution is 0.700. The van der Waals surface area contributed by atoms with Crippen molar-refractivity contribution in [1.82, 2.24) is 9.55 Å². The van der Waals surface area contributed by atoms with Crippen molar-refractivity contribution in [3.05, 3.63) is 20.9 Å². The Hall–Kier alpha value is -1.36. The Morgan fingerprint density at radius 1 is 1.38 bits per heavy atom. The van der Waals surface area contributed by atoms with Crippen LogP contribution in [-0.2, 0) is 19.9 Å². The van der Waals surface area contributed by atoms with Gasteiger partial charge in [-0.05, 0) is 31.2 Å². The highest BCUT2D eigenvalue weighted by Gasteiger charge is 2.20. The molecule has 84 valence electrons. The van der Waals surface area contributed by atoms with Crippen molar-refractivity contribution in [3.63, 3.8) is 0 Å². The van der Waals surface area contributed by atoms with Crippen LogP contribution in [0.5, 0.6) is 0 Å². The first-order chi connectivity index (χ1) is 7.68. The van der Waals surface area contributed by atoms with Crippen molar-refractivity contribution >= 4 is 27.4 Å². The number of nitrogen functional groups attached to an aromatic ring is 1. The van der Waals surface area contributed by atoms with Crippen molar-refractivity contribution in [3.8, 4) is 0 Å². The molecule has 0 amide bonds. The van der Waals surface area contributed by atoms with Crippen molar-refractivity contribution in [2.24, 2.45) is 7.05 Å². The predicted octanol–water partition coefficient (Wildman–Crippen LogP) is 1.46. The van der Waals surface area contributed by atoms with Gasteiger partial charge < -0.3 is 5.73 Å². The molecule has 0 aliphatic heterocycles. The summed E-state index contributed by atoms with van der Waals surface area (Å²) < 4.78 is 1.43. The van der Waals surface area contributed by atoms with Crippen LogP contribution in [0.1, 0.15) is 23.3 Å². The smallest absolute Gasteiger partial charge is 0.350 e. The van der Waals surface area contributed by atoms with Crippen molar-refractivity contribution in [1.29, 1.82) is 0 Å². The van der Waals surface area contributed by atoms with Crippen LogP contribution in [0.4, 0.5) is 5.82 Å². The van der Waals surface area contributed by atoms with E-state index in [4.69, 9.17) is 5.73 Å². The standard InChI is InChI=1S/C11H13N3OS/c1-14-9(12)8-6-4-2-3-5-7(6)16-10(8)13-11(14)15/h2-5,12H2,1H3. The van der Waals surface area contributed by atoms with Crippen LogP contribution in [0.3, 0.4) is 0 Å². The third-order valence-electron chi connectivity index (χ3n) is 3.25. The summed E-state index contributed by atoms with van der Waals surface area (Å²) in [6.45, 7) is 0. The summed E-state index contributed by atoms with van der Waals surface area (Å²) in [5.41, 5.74) is 7.08. The molecule has 0 aromatic carbocycles. The molecule has 2 aromatic rings. The normalized spacial score (nSPS) is 15.3. The summed E-state index contributed by atoms with van der Waals surface area (Å²) in [7, 11) is 1.68. The second kappa shape index (κ2) is 3.31. The fourth-order valence-electron chi connectivity index (χ4n) is 2.33. The highest BCUT2D eigenvalue weighted by atomic mass is 32.1. The fraction of sp³-hybridized carbons (Fsp3) is 0.455. The zero-order valence-electron chi connectivity index (χ0n) is 9.12. The van der Waals surface area contributed by atoms with Crippen LogP contribution in [-0.4, -0.2) is 9.55 Å². The molecule has 0 bridgehead atoms. The quantitative estimate of drug-likeness (QED) is 0.752. The van der Waals surface area contributed by atoms with Gasteiger partial charge in [-0.25, -0.2) is 4.79 Å². The highest BCUT2D eigenvalue weighted by molar-refractivity contribution is 7.18. The van der Waals surface area contributed by atoms with Gasteiger partial charge in [0.05, 0.1) is 5.39 Å². The Morgan fingerprint density at radius 2 is 2.12 bits per heavy atom. The largest absolute Gasteiger partial charge is 0.384 e. The molecule has 0 saturated carbocycles. The first kappa shape index (κ1) is 9.84. The van der Waals surface area contributed by atoms with Crippen LogP contribution in [0.2, 0.25) is 0 Å². The molecule has 2 heterocycles. The molecular formula is C11H13N3OS. The summed E-state index contributed by atoms with van der Waals surface area (Å²) in [4.78, 5) is 17.8. The van der Waals surface area contributed by atoms with Crippen molar-refractivity contribution < 1.29 is 0 Å². The van der Waals surface area contributed by atoms with Gasteiger partial charge in [0.2, 0.25) is 0 Å². The van der Waals surface area contributed by atoms with Crippen LogP contribution in [0, 0.1) is 0 Å². The Kier molecular flexibility index (Phi) is 2.04. The van der Waals surface area contributed by atoms with Gasteiger partial charge in [0.25, 0.3) is 0 Å². The summed E-state index contributed by atoms with van der Waals surface area (Å²) in [6, 6.07) is 0. The molecule has 0 radical (unpaired) electrons. The molecule has 16 heavy (non-hydrogen) atoms. The zero-order chi connectivity index (χ0) is 11.3. The SMILES string of the molecule is Cn1c(N)c2c3c(sc2nc1=O)CCCC3. The van der Waals surface area contributed by atoms with Gasteiger partial charge in [-0.2, -0.15) is 4.98 Å². The maximum absolute atomic E-state index is 11.5. The first-order valence-electron chi connectivity index (χ1n) is 5.45. The number of nitrogens with zero attached hydrogens (tertiary/aromatic N) is 2. The van der Waals surface area contributed by atoms with Gasteiger partial charge in [-0.3, -0.25) is 4.57 Å². The average Bonchev–Trinajstić information content (AvgIpc) is 2.64. The molecule has 3 rings (SSSR count). The van der Waals surface area contributed by atoms with Gasteiger partial charge in [-0.15, -0.1) is 11.3 Å². The maximum Gasteiger partial charge on any atom is 0.350 e. The minimum atomic E-state index is -0.261. The van der Waals surface area contributed by atoms with Crippen LogP contribution >= 0.6 is 11.3 Å². The highest BCUT2D eigenvalue weighted by Crippen LogP contribution is 2.37. The number of aryl methyl sites for hydroxylation is 2. The molecule has 5 heteroatoms. The number of thiophene rings is 1. The monoisotopic (exact) mass is 235 g/mol. The van der Waals surface area contributed by atoms with Crippen LogP contribution < -0.4 is 11.4 Å². The van der Waals surface area contributed by atoms with E-state index in [2.05, 4.69) is 4.98 Å². The van der Waals surface area contributed by atoms with E-state index in [9.17, 15) is 4.79 Å². The fourth-order valence-corrected chi connectivity index (χ4v) is 3.59. The van der Waals surface area contributed by atoms with Crippen molar-refractivity contribution in [2.45, 2.75) is 25.7 Å². The number of fused-ring (bicyclic) bond motifs is 3. The number of anilines is 1. The number of rotatable bonds is 0. The Morgan fingerprint density at radius 3 is 2.94 bits per heavy atom. The van der Waals surface area contributed by atoms with E-state index >= 15 is 0 Å². The van der Waals surface area contributed by atoms with E-state index < -0.39 is 0 Å². The number of hydrogen-bond acceptors (Lipinski definition) is 4. The van der Waals surface area contributed by atoms with Gasteiger partial charge in [0.1, 0.15) is 10.6 Å². The minimum absolute atomic E-state index is 0.261. The Bertz CT molecular complexity index is 626. The Balaban J connectivity index is 2.45. The zero-order valence-corrected chi connectivity index (χ0v) is 9.93. The lowest BCUT2D eigenvalue weighted by Crippen LogP contribution is -2.22. The topological polar surface area (TPSA) is 60.9 Å². The van der Waals surface area contributed by atoms with Crippen LogP contribution in [0.25, 0.3) is 10.2 Å². The van der Waals surface area contributed by atoms with Gasteiger partial charge in [0, 0.05) is 11.9 Å². The number of hydrogen-bond donors (Lipinski definition) is 1. The summed E-state index contributed by atoms with van der Waals surface area (Å²) in [5.74, 6) is 0.564. The summed E-state index contributed by atoms with van der Waals surface area (Å²) in [6.07, 6.45) is 4.62. The first-order valence-corrected chi connectivity index (χ1v) is 6.27. The molecule has 0 spiro atoms. The van der Waals surface area contributed by atoms with Crippen LogP contribution in [0.15, 0.2) is 4.79 Å². The summed E-state index contributed by atoms with van der Waals surface area (Å²) >= 11 is 1.63. The van der Waals surface area contributed by atoms with E-state index in [0.717, 1.165) is 23.1 Å². The molecule has 0 saturated heterocycles. The molecule has 0 fully saturated rings. The second-order valence-electron chi connectivity index (χ2n) is 4.23. The average molecular weight is 235 g/mol. The molecular weight excluding hydrogens is 222 g/mol. The third kappa shape index (κ3) is 1.21. The number of aromatic nitrogens is 2. The van der Waals surface area contributed by atoms with E-state index in [0.29, 0.717) is 5.82 Å². The molecule has 2 aromatic heterocycles. The summed E-state index contributed by atoms with van der Waals surface area (Å²) in [5, 5.41) is 1.02. The lowest BCUT2D eigenvalue weighted by atomic mass is 9.97. The number of nitrogens with two attached hydrogens (primary N) is 1. The maximum atomic E-state index is 11.5. The van der Waals surface area contributed by atoms with E-state index in [1.54, 1.807) is 18.4 Å². The molecule has 1 aliphatic rings. The predicted molar refractivity (Wildman–Crippen MR) is 65.9 cm³/mol. The van der Waals surface area contributed by atoms with Crippen molar-refractivity contribution in [2.75, 3.05) is 5.73 Å². The lowest BCUT2D eigenvalue weighted by Gasteiger charge is -2.11. The third-order valence-corrected chi connectivity index (χ3v) is 4.44. The molecule has 0 atom stereocenters.